The zero-order chi connectivity index (χ0) is 18.0. The van der Waals surface area contributed by atoms with Gasteiger partial charge in [0.1, 0.15) is 11.9 Å². The number of benzene rings is 1. The van der Waals surface area contributed by atoms with E-state index in [1.807, 2.05) is 31.2 Å². The Morgan fingerprint density at radius 3 is 2.52 bits per heavy atom. The number of aromatic nitrogens is 1. The van der Waals surface area contributed by atoms with Gasteiger partial charge in [0, 0.05) is 19.3 Å². The van der Waals surface area contributed by atoms with E-state index in [4.69, 9.17) is 0 Å². The highest BCUT2D eigenvalue weighted by Crippen LogP contribution is 2.29. The molecular formula is C18H18F3N3O. The van der Waals surface area contributed by atoms with E-state index in [1.54, 1.807) is 4.90 Å². The second kappa shape index (κ2) is 6.74. The highest BCUT2D eigenvalue weighted by Gasteiger charge is 2.33. The summed E-state index contributed by atoms with van der Waals surface area (Å²) in [6, 6.07) is 9.71. The standard InChI is InChI=1S/C18H18F3N3O/c1-12-2-4-13(5-3-12)11-24-9-8-15(17(24)25)23-16-7-6-14(10-22-16)18(19,20)21/h2-7,10,15H,8-9,11H2,1H3,(H,22,23). The van der Waals surface area contributed by atoms with Gasteiger partial charge in [-0.1, -0.05) is 29.8 Å². The van der Waals surface area contributed by atoms with Crippen molar-refractivity contribution in [1.29, 1.82) is 0 Å². The van der Waals surface area contributed by atoms with Gasteiger partial charge in [-0.05, 0) is 31.0 Å². The normalized spacial score (nSPS) is 17.8. The molecule has 1 atom stereocenters. The largest absolute Gasteiger partial charge is 0.417 e. The number of halogens is 3. The highest BCUT2D eigenvalue weighted by molar-refractivity contribution is 5.86. The molecule has 1 aromatic heterocycles. The van der Waals surface area contributed by atoms with Gasteiger partial charge in [-0.15, -0.1) is 0 Å². The molecule has 0 saturated carbocycles. The molecule has 0 bridgehead atoms. The lowest BCUT2D eigenvalue weighted by molar-refractivity contribution is -0.137. The molecular weight excluding hydrogens is 331 g/mol. The summed E-state index contributed by atoms with van der Waals surface area (Å²) in [6.07, 6.45) is -3.06. The van der Waals surface area contributed by atoms with Crippen molar-refractivity contribution in [3.8, 4) is 0 Å². The molecule has 1 fully saturated rings. The number of alkyl halides is 3. The second-order valence-corrected chi connectivity index (χ2v) is 6.16. The van der Waals surface area contributed by atoms with Crippen molar-refractivity contribution >= 4 is 11.7 Å². The van der Waals surface area contributed by atoms with E-state index >= 15 is 0 Å². The summed E-state index contributed by atoms with van der Waals surface area (Å²) in [5.74, 6) is 0.200. The quantitative estimate of drug-likeness (QED) is 0.917. The van der Waals surface area contributed by atoms with Crippen molar-refractivity contribution in [2.75, 3.05) is 11.9 Å². The van der Waals surface area contributed by atoms with Crippen molar-refractivity contribution in [2.24, 2.45) is 0 Å². The smallest absolute Gasteiger partial charge is 0.358 e. The topological polar surface area (TPSA) is 45.2 Å². The third kappa shape index (κ3) is 4.10. The van der Waals surface area contributed by atoms with Crippen molar-refractivity contribution in [2.45, 2.75) is 32.1 Å². The maximum atomic E-state index is 12.5. The number of nitrogens with zero attached hydrogens (tertiary/aromatic N) is 2. The molecule has 1 aromatic carbocycles. The van der Waals surface area contributed by atoms with Gasteiger partial charge in [0.2, 0.25) is 5.91 Å². The van der Waals surface area contributed by atoms with E-state index in [2.05, 4.69) is 10.3 Å². The minimum atomic E-state index is -4.42. The summed E-state index contributed by atoms with van der Waals surface area (Å²) < 4.78 is 37.6. The highest BCUT2D eigenvalue weighted by atomic mass is 19.4. The summed E-state index contributed by atoms with van der Waals surface area (Å²) in [5.41, 5.74) is 1.40. The molecule has 1 unspecified atom stereocenters. The van der Waals surface area contributed by atoms with E-state index in [-0.39, 0.29) is 11.7 Å². The SMILES string of the molecule is Cc1ccc(CN2CCC(Nc3ccc(C(F)(F)F)cn3)C2=O)cc1. The molecule has 1 aliphatic rings. The van der Waals surface area contributed by atoms with Crippen LogP contribution in [0.5, 0.6) is 0 Å². The summed E-state index contributed by atoms with van der Waals surface area (Å²) >= 11 is 0. The Morgan fingerprint density at radius 1 is 1.20 bits per heavy atom. The third-order valence-electron chi connectivity index (χ3n) is 4.20. The van der Waals surface area contributed by atoms with Crippen LogP contribution in [0, 0.1) is 6.92 Å². The van der Waals surface area contributed by atoms with Crippen molar-refractivity contribution in [3.05, 3.63) is 59.3 Å². The molecule has 1 N–H and O–H groups in total. The molecule has 0 radical (unpaired) electrons. The Labute approximate surface area is 143 Å². The van der Waals surface area contributed by atoms with Crippen LogP contribution in [0.3, 0.4) is 0 Å². The molecule has 25 heavy (non-hydrogen) atoms. The van der Waals surface area contributed by atoms with E-state index in [0.717, 1.165) is 23.4 Å². The zero-order valence-corrected chi connectivity index (χ0v) is 13.7. The van der Waals surface area contributed by atoms with Crippen LogP contribution in [0.2, 0.25) is 0 Å². The van der Waals surface area contributed by atoms with Crippen LogP contribution in [0.15, 0.2) is 42.6 Å². The van der Waals surface area contributed by atoms with E-state index in [9.17, 15) is 18.0 Å². The summed E-state index contributed by atoms with van der Waals surface area (Å²) in [5, 5.41) is 2.92. The number of anilines is 1. The number of carbonyl (C=O) groups excluding carboxylic acids is 1. The fourth-order valence-corrected chi connectivity index (χ4v) is 2.77. The zero-order valence-electron chi connectivity index (χ0n) is 13.7. The minimum Gasteiger partial charge on any atom is -0.358 e. The number of rotatable bonds is 4. The molecule has 7 heteroatoms. The van der Waals surface area contributed by atoms with Crippen LogP contribution >= 0.6 is 0 Å². The van der Waals surface area contributed by atoms with Crippen molar-refractivity contribution < 1.29 is 18.0 Å². The Kier molecular flexibility index (Phi) is 4.65. The van der Waals surface area contributed by atoms with E-state index in [0.29, 0.717) is 19.5 Å². The molecule has 2 heterocycles. The average Bonchev–Trinajstić information content (AvgIpc) is 2.90. The molecule has 4 nitrogen and oxygen atoms in total. The van der Waals surface area contributed by atoms with Crippen molar-refractivity contribution in [1.82, 2.24) is 9.88 Å². The first-order valence-electron chi connectivity index (χ1n) is 7.97. The Bertz CT molecular complexity index is 742. The number of aryl methyl sites for hydroxylation is 1. The third-order valence-corrected chi connectivity index (χ3v) is 4.20. The van der Waals surface area contributed by atoms with Gasteiger partial charge in [-0.25, -0.2) is 4.98 Å². The van der Waals surface area contributed by atoms with Gasteiger partial charge in [0.25, 0.3) is 0 Å². The number of hydrogen-bond donors (Lipinski definition) is 1. The van der Waals surface area contributed by atoms with Gasteiger partial charge >= 0.3 is 6.18 Å². The number of pyridine rings is 1. The number of likely N-dealkylation sites (tertiary alicyclic amines) is 1. The first kappa shape index (κ1) is 17.3. The van der Waals surface area contributed by atoms with Crippen LogP contribution in [-0.4, -0.2) is 28.4 Å². The van der Waals surface area contributed by atoms with Gasteiger partial charge in [-0.3, -0.25) is 4.79 Å². The molecule has 1 aliphatic heterocycles. The summed E-state index contributed by atoms with van der Waals surface area (Å²) in [4.78, 5) is 18.0. The van der Waals surface area contributed by atoms with Gasteiger partial charge in [0.15, 0.2) is 0 Å². The molecule has 1 saturated heterocycles. The maximum Gasteiger partial charge on any atom is 0.417 e. The lowest BCUT2D eigenvalue weighted by Gasteiger charge is -2.17. The first-order chi connectivity index (χ1) is 11.8. The molecule has 1 amide bonds. The Balaban J connectivity index is 1.61. The monoisotopic (exact) mass is 349 g/mol. The van der Waals surface area contributed by atoms with Crippen LogP contribution in [0.25, 0.3) is 0 Å². The van der Waals surface area contributed by atoms with Crippen LogP contribution in [-0.2, 0) is 17.5 Å². The number of nitrogens with one attached hydrogen (secondary N) is 1. The molecule has 0 spiro atoms. The number of hydrogen-bond acceptors (Lipinski definition) is 3. The van der Waals surface area contributed by atoms with Gasteiger partial charge in [-0.2, -0.15) is 13.2 Å². The average molecular weight is 349 g/mol. The van der Waals surface area contributed by atoms with E-state index in [1.165, 1.54) is 6.07 Å². The summed E-state index contributed by atoms with van der Waals surface area (Å²) in [7, 11) is 0. The Hall–Kier alpha value is -2.57. The van der Waals surface area contributed by atoms with E-state index < -0.39 is 17.8 Å². The second-order valence-electron chi connectivity index (χ2n) is 6.16. The van der Waals surface area contributed by atoms with Crippen molar-refractivity contribution in [3.63, 3.8) is 0 Å². The first-order valence-corrected chi connectivity index (χ1v) is 7.97. The molecule has 132 valence electrons. The minimum absolute atomic E-state index is 0.0673. The predicted molar refractivity (Wildman–Crippen MR) is 87.9 cm³/mol. The molecule has 3 rings (SSSR count). The predicted octanol–water partition coefficient (Wildman–Crippen LogP) is 3.62. The van der Waals surface area contributed by atoms with Gasteiger partial charge < -0.3 is 10.2 Å². The maximum absolute atomic E-state index is 12.5. The van der Waals surface area contributed by atoms with Crippen LogP contribution in [0.4, 0.5) is 19.0 Å². The lowest BCUT2D eigenvalue weighted by Crippen LogP contribution is -2.33. The van der Waals surface area contributed by atoms with Crippen LogP contribution < -0.4 is 5.32 Å². The summed E-state index contributed by atoms with van der Waals surface area (Å²) in [6.45, 7) is 3.13. The molecule has 2 aromatic rings. The number of carbonyl (C=O) groups is 1. The molecule has 0 aliphatic carbocycles. The van der Waals surface area contributed by atoms with Gasteiger partial charge in [0.05, 0.1) is 5.56 Å². The fourth-order valence-electron chi connectivity index (χ4n) is 2.77. The fraction of sp³-hybridized carbons (Fsp3) is 0.333. The van der Waals surface area contributed by atoms with Crippen LogP contribution in [0.1, 0.15) is 23.1 Å². The lowest BCUT2D eigenvalue weighted by atomic mass is 10.1. The number of amides is 1. The Morgan fingerprint density at radius 2 is 1.92 bits per heavy atom.